The quantitative estimate of drug-likeness (QED) is 0.530. The first kappa shape index (κ1) is 20.6. The second-order valence-electron chi connectivity index (χ2n) is 5.73. The molecule has 0 atom stereocenters. The van der Waals surface area contributed by atoms with Gasteiger partial charge in [-0.3, -0.25) is 19.2 Å². The molecule has 0 aromatic heterocycles. The Morgan fingerprint density at radius 3 is 2.29 bits per heavy atom. The number of hydrogen-bond acceptors (Lipinski definition) is 6. The first-order chi connectivity index (χ1) is 13.4. The number of esters is 1. The summed E-state index contributed by atoms with van der Waals surface area (Å²) in [5.41, 5.74) is 1.17. The molecule has 0 saturated carbocycles. The van der Waals surface area contributed by atoms with Crippen molar-refractivity contribution >= 4 is 29.3 Å². The van der Waals surface area contributed by atoms with E-state index < -0.39 is 24.3 Å². The van der Waals surface area contributed by atoms with Crippen molar-refractivity contribution in [2.75, 3.05) is 25.6 Å². The van der Waals surface area contributed by atoms with Crippen molar-refractivity contribution in [3.63, 3.8) is 0 Å². The number of carbonyl (C=O) groups is 4. The largest absolute Gasteiger partial charge is 0.496 e. The van der Waals surface area contributed by atoms with Gasteiger partial charge in [0.25, 0.3) is 5.91 Å². The molecule has 2 aromatic carbocycles. The van der Waals surface area contributed by atoms with Gasteiger partial charge in [0, 0.05) is 18.2 Å². The number of benzene rings is 2. The fourth-order valence-corrected chi connectivity index (χ4v) is 2.30. The number of carbonyl (C=O) groups excluding carboxylic acids is 4. The summed E-state index contributed by atoms with van der Waals surface area (Å²) in [5, 5.41) is 5.00. The van der Waals surface area contributed by atoms with Crippen LogP contribution >= 0.6 is 0 Å². The maximum absolute atomic E-state index is 12.1. The Kier molecular flexibility index (Phi) is 7.27. The number of nitrogens with one attached hydrogen (secondary N) is 2. The van der Waals surface area contributed by atoms with Crippen LogP contribution < -0.4 is 15.4 Å². The summed E-state index contributed by atoms with van der Waals surface area (Å²) >= 11 is 0. The fourth-order valence-electron chi connectivity index (χ4n) is 2.30. The van der Waals surface area contributed by atoms with Gasteiger partial charge in [0.1, 0.15) is 12.3 Å². The molecule has 8 nitrogen and oxygen atoms in total. The standard InChI is InChI=1S/C20H20N2O6/c1-13(23)22-15-9-7-14(8-10-15)17(24)12-28-19(25)11-21-20(26)16-5-3-4-6-18(16)27-2/h3-10H,11-12H2,1-2H3,(H,21,26)(H,22,23). The molecule has 2 N–H and O–H groups in total. The molecule has 0 unspecified atom stereocenters. The summed E-state index contributed by atoms with van der Waals surface area (Å²) in [7, 11) is 1.44. The molecule has 28 heavy (non-hydrogen) atoms. The van der Waals surface area contributed by atoms with E-state index in [0.717, 1.165) is 0 Å². The van der Waals surface area contributed by atoms with Crippen molar-refractivity contribution in [3.8, 4) is 5.75 Å². The summed E-state index contributed by atoms with van der Waals surface area (Å²) in [6.45, 7) is 0.541. The average molecular weight is 384 g/mol. The SMILES string of the molecule is COc1ccccc1C(=O)NCC(=O)OCC(=O)c1ccc(NC(C)=O)cc1. The first-order valence-electron chi connectivity index (χ1n) is 8.38. The van der Waals surface area contributed by atoms with Crippen molar-refractivity contribution in [2.45, 2.75) is 6.92 Å². The van der Waals surface area contributed by atoms with Crippen molar-refractivity contribution in [1.29, 1.82) is 0 Å². The van der Waals surface area contributed by atoms with Crippen LogP contribution in [0.2, 0.25) is 0 Å². The summed E-state index contributed by atoms with van der Waals surface area (Å²) in [5.74, 6) is -1.48. The lowest BCUT2D eigenvalue weighted by atomic mass is 10.1. The second kappa shape index (κ2) is 9.86. The van der Waals surface area contributed by atoms with Crippen molar-refractivity contribution in [3.05, 3.63) is 59.7 Å². The Morgan fingerprint density at radius 2 is 1.64 bits per heavy atom. The number of Topliss-reactive ketones (excluding diaryl/α,β-unsaturated/α-hetero) is 1. The Balaban J connectivity index is 1.81. The van der Waals surface area contributed by atoms with Crippen LogP contribution in [0.25, 0.3) is 0 Å². The van der Waals surface area contributed by atoms with Gasteiger partial charge in [-0.05, 0) is 36.4 Å². The van der Waals surface area contributed by atoms with E-state index in [1.165, 1.54) is 26.2 Å². The molecule has 146 valence electrons. The molecule has 2 aromatic rings. The van der Waals surface area contributed by atoms with Crippen molar-refractivity contribution in [1.82, 2.24) is 5.32 Å². The highest BCUT2D eigenvalue weighted by atomic mass is 16.5. The van der Waals surface area contributed by atoms with Gasteiger partial charge in [-0.15, -0.1) is 0 Å². The van der Waals surface area contributed by atoms with E-state index in [2.05, 4.69) is 10.6 Å². The van der Waals surface area contributed by atoms with Crippen molar-refractivity contribution in [2.24, 2.45) is 0 Å². The Labute approximate surface area is 161 Å². The first-order valence-corrected chi connectivity index (χ1v) is 8.38. The molecular weight excluding hydrogens is 364 g/mol. The lowest BCUT2D eigenvalue weighted by Crippen LogP contribution is -2.31. The highest BCUT2D eigenvalue weighted by Gasteiger charge is 2.14. The number of methoxy groups -OCH3 is 1. The predicted molar refractivity (Wildman–Crippen MR) is 101 cm³/mol. The van der Waals surface area contributed by atoms with E-state index in [-0.39, 0.29) is 18.0 Å². The Bertz CT molecular complexity index is 877. The minimum absolute atomic E-state index is 0.219. The van der Waals surface area contributed by atoms with Gasteiger partial charge in [0.2, 0.25) is 5.91 Å². The number of ketones is 1. The van der Waals surface area contributed by atoms with E-state index in [0.29, 0.717) is 17.0 Å². The predicted octanol–water partition coefficient (Wildman–Crippen LogP) is 1.81. The van der Waals surface area contributed by atoms with E-state index in [1.807, 2.05) is 0 Å². The van der Waals surface area contributed by atoms with E-state index >= 15 is 0 Å². The number of rotatable bonds is 8. The fraction of sp³-hybridized carbons (Fsp3) is 0.200. The van der Waals surface area contributed by atoms with Gasteiger partial charge in [0.05, 0.1) is 12.7 Å². The van der Waals surface area contributed by atoms with Gasteiger partial charge in [-0.2, -0.15) is 0 Å². The van der Waals surface area contributed by atoms with Gasteiger partial charge >= 0.3 is 5.97 Å². The van der Waals surface area contributed by atoms with Crippen LogP contribution in [0.5, 0.6) is 5.75 Å². The van der Waals surface area contributed by atoms with Crippen LogP contribution in [0.15, 0.2) is 48.5 Å². The van der Waals surface area contributed by atoms with E-state index in [9.17, 15) is 19.2 Å². The third kappa shape index (κ3) is 5.94. The number of anilines is 1. The number of para-hydroxylation sites is 1. The van der Waals surface area contributed by atoms with E-state index in [4.69, 9.17) is 9.47 Å². The average Bonchev–Trinajstić information content (AvgIpc) is 2.70. The summed E-state index contributed by atoms with van der Waals surface area (Å²) in [6, 6.07) is 12.8. The van der Waals surface area contributed by atoms with Crippen LogP contribution in [-0.2, 0) is 14.3 Å². The zero-order valence-corrected chi connectivity index (χ0v) is 15.5. The molecule has 0 fully saturated rings. The molecule has 0 bridgehead atoms. The lowest BCUT2D eigenvalue weighted by molar-refractivity contribution is -0.141. The molecule has 0 aliphatic carbocycles. The topological polar surface area (TPSA) is 111 Å². The van der Waals surface area contributed by atoms with Crippen LogP contribution in [0.3, 0.4) is 0 Å². The minimum Gasteiger partial charge on any atom is -0.496 e. The molecule has 8 heteroatoms. The smallest absolute Gasteiger partial charge is 0.325 e. The Morgan fingerprint density at radius 1 is 0.964 bits per heavy atom. The van der Waals surface area contributed by atoms with Crippen LogP contribution in [0.4, 0.5) is 5.69 Å². The van der Waals surface area contributed by atoms with Crippen LogP contribution in [0, 0.1) is 0 Å². The van der Waals surface area contributed by atoms with Gasteiger partial charge < -0.3 is 20.1 Å². The normalized spacial score (nSPS) is 9.93. The number of ether oxygens (including phenoxy) is 2. The van der Waals surface area contributed by atoms with Crippen LogP contribution in [-0.4, -0.2) is 43.8 Å². The highest BCUT2D eigenvalue weighted by Crippen LogP contribution is 2.16. The second-order valence-corrected chi connectivity index (χ2v) is 5.73. The molecule has 0 saturated heterocycles. The Hall–Kier alpha value is -3.68. The maximum Gasteiger partial charge on any atom is 0.325 e. The van der Waals surface area contributed by atoms with Crippen LogP contribution in [0.1, 0.15) is 27.6 Å². The molecule has 0 heterocycles. The van der Waals surface area contributed by atoms with E-state index in [1.54, 1.807) is 36.4 Å². The highest BCUT2D eigenvalue weighted by molar-refractivity contribution is 6.00. The maximum atomic E-state index is 12.1. The van der Waals surface area contributed by atoms with Crippen molar-refractivity contribution < 1.29 is 28.7 Å². The lowest BCUT2D eigenvalue weighted by Gasteiger charge is -2.09. The van der Waals surface area contributed by atoms with Gasteiger partial charge in [0.15, 0.2) is 12.4 Å². The summed E-state index contributed by atoms with van der Waals surface area (Å²) in [4.78, 5) is 46.9. The number of hydrogen-bond donors (Lipinski definition) is 2. The minimum atomic E-state index is -0.744. The molecule has 0 spiro atoms. The van der Waals surface area contributed by atoms with Gasteiger partial charge in [-0.25, -0.2) is 0 Å². The van der Waals surface area contributed by atoms with Gasteiger partial charge in [-0.1, -0.05) is 12.1 Å². The molecule has 2 rings (SSSR count). The zero-order valence-electron chi connectivity index (χ0n) is 15.5. The molecule has 0 aliphatic heterocycles. The monoisotopic (exact) mass is 384 g/mol. The third-order valence-corrected chi connectivity index (χ3v) is 3.64. The number of amides is 2. The molecular formula is C20H20N2O6. The zero-order chi connectivity index (χ0) is 20.5. The molecule has 0 radical (unpaired) electrons. The molecule has 2 amide bonds. The summed E-state index contributed by atoms with van der Waals surface area (Å²) < 4.78 is 9.98. The molecule has 0 aliphatic rings. The summed E-state index contributed by atoms with van der Waals surface area (Å²) in [6.07, 6.45) is 0. The third-order valence-electron chi connectivity index (χ3n) is 3.64.